The molecule has 1 aromatic heterocycles. The molecule has 4 aromatic rings. The Labute approximate surface area is 219 Å². The van der Waals surface area contributed by atoms with E-state index in [-0.39, 0.29) is 5.91 Å². The van der Waals surface area contributed by atoms with Gasteiger partial charge in [-0.3, -0.25) is 4.79 Å². The van der Waals surface area contributed by atoms with Crippen LogP contribution in [0.1, 0.15) is 53.0 Å². The number of carbonyl (C=O) groups excluding carboxylic acids is 1. The van der Waals surface area contributed by atoms with Crippen LogP contribution in [-0.4, -0.2) is 35.7 Å². The Morgan fingerprint density at radius 1 is 0.919 bits per heavy atom. The number of unbranched alkanes of at least 4 members (excludes halogenated alkanes) is 2. The minimum Gasteiger partial charge on any atom is -0.497 e. The minimum absolute atomic E-state index is 0.0103. The third-order valence-corrected chi connectivity index (χ3v) is 6.58. The number of ether oxygens (including phenoxy) is 2. The van der Waals surface area contributed by atoms with Crippen molar-refractivity contribution in [3.8, 4) is 11.5 Å². The first-order valence-electron chi connectivity index (χ1n) is 13.1. The molecule has 0 fully saturated rings. The van der Waals surface area contributed by atoms with Gasteiger partial charge in [0.1, 0.15) is 17.3 Å². The molecule has 1 N–H and O–H groups in total. The fraction of sp³-hybridized carbons (Fsp3) is 0.355. The normalized spacial score (nSPS) is 11.0. The van der Waals surface area contributed by atoms with Crippen molar-refractivity contribution in [1.29, 1.82) is 0 Å². The number of benzene rings is 3. The Morgan fingerprint density at radius 3 is 2.49 bits per heavy atom. The number of aromatic nitrogens is 2. The molecule has 1 amide bonds. The summed E-state index contributed by atoms with van der Waals surface area (Å²) in [5.74, 6) is 2.80. The topological polar surface area (TPSA) is 65.4 Å². The molecule has 0 unspecified atom stereocenters. The Balaban J connectivity index is 1.24. The molecule has 0 atom stereocenters. The number of fused-ring (bicyclic) bond motifs is 1. The van der Waals surface area contributed by atoms with E-state index >= 15 is 0 Å². The summed E-state index contributed by atoms with van der Waals surface area (Å²) >= 11 is 0. The lowest BCUT2D eigenvalue weighted by Crippen LogP contribution is -2.25. The maximum atomic E-state index is 12.5. The lowest BCUT2D eigenvalue weighted by molar-refractivity contribution is 0.0952. The third kappa shape index (κ3) is 7.13. The van der Waals surface area contributed by atoms with Gasteiger partial charge < -0.3 is 19.4 Å². The SMILES string of the molecule is COc1ccc(OCCCn2c(CCCCCNC(=O)c3ccc(C)cc3C)nc3ccccc32)cc1. The smallest absolute Gasteiger partial charge is 0.251 e. The average Bonchev–Trinajstić information content (AvgIpc) is 3.26. The molecule has 0 radical (unpaired) electrons. The highest BCUT2D eigenvalue weighted by atomic mass is 16.5. The van der Waals surface area contributed by atoms with Crippen LogP contribution in [0.3, 0.4) is 0 Å². The van der Waals surface area contributed by atoms with Gasteiger partial charge in [-0.05, 0) is 81.1 Å². The zero-order chi connectivity index (χ0) is 26.0. The number of imidazole rings is 1. The molecule has 0 aliphatic heterocycles. The molecule has 194 valence electrons. The van der Waals surface area contributed by atoms with Gasteiger partial charge in [0.2, 0.25) is 0 Å². The maximum Gasteiger partial charge on any atom is 0.251 e. The van der Waals surface area contributed by atoms with E-state index in [2.05, 4.69) is 28.1 Å². The van der Waals surface area contributed by atoms with Gasteiger partial charge in [0, 0.05) is 25.1 Å². The van der Waals surface area contributed by atoms with Crippen molar-refractivity contribution in [2.24, 2.45) is 0 Å². The van der Waals surface area contributed by atoms with Gasteiger partial charge >= 0.3 is 0 Å². The van der Waals surface area contributed by atoms with Crippen LogP contribution >= 0.6 is 0 Å². The van der Waals surface area contributed by atoms with Crippen molar-refractivity contribution < 1.29 is 14.3 Å². The molecule has 0 bridgehead atoms. The lowest BCUT2D eigenvalue weighted by Gasteiger charge is -2.11. The van der Waals surface area contributed by atoms with Crippen molar-refractivity contribution in [2.45, 2.75) is 52.5 Å². The van der Waals surface area contributed by atoms with Gasteiger partial charge in [0.15, 0.2) is 0 Å². The van der Waals surface area contributed by atoms with E-state index in [0.717, 1.165) is 72.6 Å². The minimum atomic E-state index is 0.0103. The first-order valence-corrected chi connectivity index (χ1v) is 13.1. The fourth-order valence-corrected chi connectivity index (χ4v) is 4.60. The van der Waals surface area contributed by atoms with Crippen molar-refractivity contribution in [3.05, 3.63) is 89.2 Å². The van der Waals surface area contributed by atoms with E-state index in [0.29, 0.717) is 13.2 Å². The highest BCUT2D eigenvalue weighted by molar-refractivity contribution is 5.95. The van der Waals surface area contributed by atoms with Crippen LogP contribution in [-0.2, 0) is 13.0 Å². The molecule has 4 rings (SSSR count). The summed E-state index contributed by atoms with van der Waals surface area (Å²) in [5.41, 5.74) is 5.16. The molecule has 1 heterocycles. The average molecular weight is 500 g/mol. The maximum absolute atomic E-state index is 12.5. The molecule has 6 nitrogen and oxygen atoms in total. The van der Waals surface area contributed by atoms with E-state index in [4.69, 9.17) is 14.5 Å². The summed E-state index contributed by atoms with van der Waals surface area (Å²) in [7, 11) is 1.66. The van der Waals surface area contributed by atoms with Crippen LogP contribution in [0, 0.1) is 13.8 Å². The van der Waals surface area contributed by atoms with Crippen LogP contribution in [0.15, 0.2) is 66.7 Å². The number of hydrogen-bond donors (Lipinski definition) is 1. The second kappa shape index (κ2) is 12.9. The number of aryl methyl sites for hydroxylation is 4. The first kappa shape index (κ1) is 26.3. The summed E-state index contributed by atoms with van der Waals surface area (Å²) in [6.45, 7) is 6.21. The summed E-state index contributed by atoms with van der Waals surface area (Å²) in [6.07, 6.45) is 4.83. The van der Waals surface area contributed by atoms with Crippen molar-refractivity contribution in [1.82, 2.24) is 14.9 Å². The first-order chi connectivity index (χ1) is 18.0. The molecule has 0 spiro atoms. The number of para-hydroxylation sites is 2. The lowest BCUT2D eigenvalue weighted by atomic mass is 10.1. The largest absolute Gasteiger partial charge is 0.497 e. The number of methoxy groups -OCH3 is 1. The van der Waals surface area contributed by atoms with Gasteiger partial charge in [-0.1, -0.05) is 36.2 Å². The van der Waals surface area contributed by atoms with Crippen LogP contribution < -0.4 is 14.8 Å². The van der Waals surface area contributed by atoms with E-state index in [9.17, 15) is 4.79 Å². The molecule has 0 aliphatic carbocycles. The summed E-state index contributed by atoms with van der Waals surface area (Å²) < 4.78 is 13.5. The van der Waals surface area contributed by atoms with Gasteiger partial charge in [0.25, 0.3) is 5.91 Å². The predicted octanol–water partition coefficient (Wildman–Crippen LogP) is 6.27. The third-order valence-electron chi connectivity index (χ3n) is 6.58. The zero-order valence-corrected chi connectivity index (χ0v) is 22.1. The van der Waals surface area contributed by atoms with Gasteiger partial charge in [-0.2, -0.15) is 0 Å². The Kier molecular flexibility index (Phi) is 9.19. The predicted molar refractivity (Wildman–Crippen MR) is 149 cm³/mol. The molecular weight excluding hydrogens is 462 g/mol. The molecule has 3 aromatic carbocycles. The van der Waals surface area contributed by atoms with Crippen molar-refractivity contribution in [3.63, 3.8) is 0 Å². The number of carbonyl (C=O) groups is 1. The number of hydrogen-bond acceptors (Lipinski definition) is 4. The standard InChI is InChI=1S/C31H37N3O3/c1-23-13-18-27(24(2)22-23)31(35)32-19-8-4-5-12-30-33-28-10-6-7-11-29(28)34(30)20-9-21-37-26-16-14-25(36-3)15-17-26/h6-7,10-11,13-18,22H,4-5,8-9,12,19-21H2,1-3H3,(H,32,35). The number of amides is 1. The van der Waals surface area contributed by atoms with E-state index in [1.165, 1.54) is 11.1 Å². The van der Waals surface area contributed by atoms with E-state index in [1.807, 2.05) is 62.4 Å². The second-order valence-electron chi connectivity index (χ2n) is 9.43. The monoisotopic (exact) mass is 499 g/mol. The fourth-order valence-electron chi connectivity index (χ4n) is 4.60. The molecule has 37 heavy (non-hydrogen) atoms. The molecular formula is C31H37N3O3. The van der Waals surface area contributed by atoms with Gasteiger partial charge in [-0.15, -0.1) is 0 Å². The number of nitrogens with one attached hydrogen (secondary N) is 1. The highest BCUT2D eigenvalue weighted by Gasteiger charge is 2.11. The van der Waals surface area contributed by atoms with Crippen LogP contribution in [0.5, 0.6) is 11.5 Å². The molecule has 6 heteroatoms. The van der Waals surface area contributed by atoms with Crippen molar-refractivity contribution in [2.75, 3.05) is 20.3 Å². The Hall–Kier alpha value is -3.80. The molecule has 0 saturated heterocycles. The summed E-state index contributed by atoms with van der Waals surface area (Å²) in [6, 6.07) is 21.9. The molecule has 0 aliphatic rings. The molecule has 0 saturated carbocycles. The highest BCUT2D eigenvalue weighted by Crippen LogP contribution is 2.20. The van der Waals surface area contributed by atoms with Gasteiger partial charge in [-0.25, -0.2) is 4.98 Å². The zero-order valence-electron chi connectivity index (χ0n) is 22.1. The summed E-state index contributed by atoms with van der Waals surface area (Å²) in [4.78, 5) is 17.4. The number of nitrogens with zero attached hydrogens (tertiary/aromatic N) is 2. The van der Waals surface area contributed by atoms with Crippen molar-refractivity contribution >= 4 is 16.9 Å². The van der Waals surface area contributed by atoms with Crippen LogP contribution in [0.25, 0.3) is 11.0 Å². The van der Waals surface area contributed by atoms with Crippen LogP contribution in [0.4, 0.5) is 0 Å². The Bertz CT molecular complexity index is 1310. The van der Waals surface area contributed by atoms with E-state index in [1.54, 1.807) is 7.11 Å². The van der Waals surface area contributed by atoms with Crippen LogP contribution in [0.2, 0.25) is 0 Å². The van der Waals surface area contributed by atoms with E-state index < -0.39 is 0 Å². The second-order valence-corrected chi connectivity index (χ2v) is 9.43. The Morgan fingerprint density at radius 2 is 1.70 bits per heavy atom. The summed E-state index contributed by atoms with van der Waals surface area (Å²) in [5, 5.41) is 3.06. The van der Waals surface area contributed by atoms with Gasteiger partial charge in [0.05, 0.1) is 24.8 Å². The quantitative estimate of drug-likeness (QED) is 0.220. The number of rotatable bonds is 13.